The maximum Gasteiger partial charge on any atom is 0.338 e. The van der Waals surface area contributed by atoms with Gasteiger partial charge in [0.05, 0.1) is 16.3 Å². The van der Waals surface area contributed by atoms with E-state index >= 15 is 0 Å². The molecule has 2 aromatic rings. The maximum atomic E-state index is 13.1. The molecule has 1 heterocycles. The van der Waals surface area contributed by atoms with E-state index in [0.717, 1.165) is 11.9 Å². The van der Waals surface area contributed by atoms with Crippen molar-refractivity contribution < 1.29 is 14.3 Å². The van der Waals surface area contributed by atoms with Crippen LogP contribution in [0.5, 0.6) is 0 Å². The number of hydrogen-bond acceptors (Lipinski definition) is 4. The van der Waals surface area contributed by atoms with E-state index in [0.29, 0.717) is 10.7 Å². The number of carboxylic acid groups (broad SMARTS) is 1. The van der Waals surface area contributed by atoms with Gasteiger partial charge in [0.15, 0.2) is 0 Å². The predicted molar refractivity (Wildman–Crippen MR) is 72.1 cm³/mol. The van der Waals surface area contributed by atoms with Crippen LogP contribution in [0, 0.1) is 5.82 Å². The molecule has 2 rings (SSSR count). The molecule has 98 valence electrons. The van der Waals surface area contributed by atoms with Crippen LogP contribution in [0.1, 0.15) is 10.4 Å². The van der Waals surface area contributed by atoms with E-state index < -0.39 is 11.8 Å². The molecule has 1 aromatic carbocycles. The van der Waals surface area contributed by atoms with Gasteiger partial charge in [-0.1, -0.05) is 11.6 Å². The summed E-state index contributed by atoms with van der Waals surface area (Å²) in [6.45, 7) is 0. The van der Waals surface area contributed by atoms with Crippen molar-refractivity contribution in [3.63, 3.8) is 0 Å². The topological polar surface area (TPSA) is 62.2 Å². The third kappa shape index (κ3) is 3.36. The molecule has 0 saturated heterocycles. The molecular formula is C12H8ClFN2O2S. The van der Waals surface area contributed by atoms with Gasteiger partial charge in [-0.2, -0.15) is 0 Å². The Bertz CT molecular complexity index is 624. The molecule has 0 aliphatic heterocycles. The number of benzene rings is 1. The van der Waals surface area contributed by atoms with E-state index in [9.17, 15) is 9.18 Å². The number of nitrogens with one attached hydrogen (secondary N) is 1. The van der Waals surface area contributed by atoms with Crippen LogP contribution in [0.15, 0.2) is 41.6 Å². The Labute approximate surface area is 117 Å². The van der Waals surface area contributed by atoms with Gasteiger partial charge in [0.1, 0.15) is 10.8 Å². The summed E-state index contributed by atoms with van der Waals surface area (Å²) in [7, 11) is 0. The molecule has 0 fully saturated rings. The van der Waals surface area contributed by atoms with Crippen LogP contribution in [-0.2, 0) is 0 Å². The van der Waals surface area contributed by atoms with Gasteiger partial charge in [0.25, 0.3) is 0 Å². The fourth-order valence-corrected chi connectivity index (χ4v) is 2.29. The number of halogens is 2. The van der Waals surface area contributed by atoms with Gasteiger partial charge in [0.2, 0.25) is 0 Å². The highest BCUT2D eigenvalue weighted by Crippen LogP contribution is 2.28. The van der Waals surface area contributed by atoms with Gasteiger partial charge in [-0.05, 0) is 30.3 Å². The maximum absolute atomic E-state index is 13.1. The largest absolute Gasteiger partial charge is 0.478 e. The zero-order chi connectivity index (χ0) is 13.8. The molecule has 0 spiro atoms. The number of rotatable bonds is 4. The molecule has 0 saturated carbocycles. The number of anilines is 1. The Kier molecular flexibility index (Phi) is 4.24. The molecule has 2 N–H and O–H groups in total. The lowest BCUT2D eigenvalue weighted by atomic mass is 10.3. The number of aromatic carboxylic acids is 1. The van der Waals surface area contributed by atoms with Crippen LogP contribution in [-0.4, -0.2) is 16.1 Å². The van der Waals surface area contributed by atoms with Gasteiger partial charge in [-0.3, -0.25) is 0 Å². The summed E-state index contributed by atoms with van der Waals surface area (Å²) >= 11 is 6.84. The summed E-state index contributed by atoms with van der Waals surface area (Å²) in [6, 6.07) is 6.84. The number of carboxylic acids is 1. The van der Waals surface area contributed by atoms with E-state index in [4.69, 9.17) is 16.7 Å². The lowest BCUT2D eigenvalue weighted by Crippen LogP contribution is -2.02. The zero-order valence-corrected chi connectivity index (χ0v) is 11.0. The van der Waals surface area contributed by atoms with Gasteiger partial charge in [-0.15, -0.1) is 0 Å². The summed E-state index contributed by atoms with van der Waals surface area (Å²) < 4.78 is 15.8. The third-order valence-corrected chi connectivity index (χ3v) is 3.36. The molecule has 0 aliphatic carbocycles. The highest BCUT2D eigenvalue weighted by atomic mass is 35.5. The predicted octanol–water partition coefficient (Wildman–Crippen LogP) is 3.69. The molecule has 1 aromatic heterocycles. The average molecular weight is 299 g/mol. The Morgan fingerprint density at radius 3 is 2.95 bits per heavy atom. The highest BCUT2D eigenvalue weighted by Gasteiger charge is 2.12. The van der Waals surface area contributed by atoms with Crippen molar-refractivity contribution in [3.8, 4) is 0 Å². The normalized spacial score (nSPS) is 10.2. The van der Waals surface area contributed by atoms with E-state index in [1.807, 2.05) is 0 Å². The second-order valence-electron chi connectivity index (χ2n) is 3.49. The number of carbonyl (C=O) groups is 1. The number of hydrogen-bond donors (Lipinski definition) is 2. The summed E-state index contributed by atoms with van der Waals surface area (Å²) in [5.74, 6) is -1.52. The summed E-state index contributed by atoms with van der Waals surface area (Å²) in [6.07, 6.45) is 1.48. The van der Waals surface area contributed by atoms with Crippen molar-refractivity contribution in [2.75, 3.05) is 4.72 Å². The standard InChI is InChI=1S/C12H8ClFN2O2S/c13-9-4-3-7(14)6-10(9)16-19-11-8(12(17)18)2-1-5-15-11/h1-6,16H,(H,17,18). The fourth-order valence-electron chi connectivity index (χ4n) is 1.31. The first kappa shape index (κ1) is 13.6. The van der Waals surface area contributed by atoms with Gasteiger partial charge in [0, 0.05) is 18.1 Å². The molecule has 0 aliphatic rings. The third-order valence-electron chi connectivity index (χ3n) is 2.19. The first-order chi connectivity index (χ1) is 9.08. The van der Waals surface area contributed by atoms with Gasteiger partial charge in [-0.25, -0.2) is 14.2 Å². The van der Waals surface area contributed by atoms with Crippen LogP contribution in [0.25, 0.3) is 0 Å². The fraction of sp³-hybridized carbons (Fsp3) is 0. The molecule has 0 amide bonds. The lowest BCUT2D eigenvalue weighted by Gasteiger charge is -2.08. The highest BCUT2D eigenvalue weighted by molar-refractivity contribution is 8.00. The molecule has 0 atom stereocenters. The van der Waals surface area contributed by atoms with E-state index in [1.165, 1.54) is 36.5 Å². The summed E-state index contributed by atoms with van der Waals surface area (Å²) in [5.41, 5.74) is 0.418. The first-order valence-electron chi connectivity index (χ1n) is 5.14. The van der Waals surface area contributed by atoms with Crippen LogP contribution in [0.2, 0.25) is 5.02 Å². The van der Waals surface area contributed by atoms with E-state index in [-0.39, 0.29) is 10.6 Å². The molecule has 19 heavy (non-hydrogen) atoms. The Hall–Kier alpha value is -1.79. The Morgan fingerprint density at radius 2 is 2.21 bits per heavy atom. The second kappa shape index (κ2) is 5.90. The zero-order valence-electron chi connectivity index (χ0n) is 9.43. The van der Waals surface area contributed by atoms with Crippen LogP contribution < -0.4 is 4.72 Å². The minimum absolute atomic E-state index is 0.0625. The molecule has 0 bridgehead atoms. The monoisotopic (exact) mass is 298 g/mol. The van der Waals surface area contributed by atoms with Crippen LogP contribution >= 0.6 is 23.5 Å². The SMILES string of the molecule is O=C(O)c1cccnc1SNc1cc(F)ccc1Cl. The van der Waals surface area contributed by atoms with Crippen molar-refractivity contribution in [1.29, 1.82) is 0 Å². The van der Waals surface area contributed by atoms with Crippen molar-refractivity contribution in [1.82, 2.24) is 4.98 Å². The average Bonchev–Trinajstić information content (AvgIpc) is 2.40. The molecule has 0 radical (unpaired) electrons. The lowest BCUT2D eigenvalue weighted by molar-refractivity contribution is 0.0692. The minimum Gasteiger partial charge on any atom is -0.478 e. The first-order valence-corrected chi connectivity index (χ1v) is 6.33. The molecular weight excluding hydrogens is 291 g/mol. The number of aromatic nitrogens is 1. The summed E-state index contributed by atoms with van der Waals surface area (Å²) in [5, 5.41) is 9.60. The van der Waals surface area contributed by atoms with Crippen molar-refractivity contribution >= 4 is 35.2 Å². The summed E-state index contributed by atoms with van der Waals surface area (Å²) in [4.78, 5) is 14.9. The smallest absolute Gasteiger partial charge is 0.338 e. The van der Waals surface area contributed by atoms with Gasteiger partial charge < -0.3 is 9.83 Å². The van der Waals surface area contributed by atoms with E-state index in [2.05, 4.69) is 9.71 Å². The molecule has 0 unspecified atom stereocenters. The number of pyridine rings is 1. The van der Waals surface area contributed by atoms with Gasteiger partial charge >= 0.3 is 5.97 Å². The van der Waals surface area contributed by atoms with Crippen LogP contribution in [0.4, 0.5) is 10.1 Å². The Morgan fingerprint density at radius 1 is 1.42 bits per heavy atom. The van der Waals surface area contributed by atoms with Crippen molar-refractivity contribution in [2.45, 2.75) is 5.03 Å². The van der Waals surface area contributed by atoms with Crippen molar-refractivity contribution in [3.05, 3.63) is 52.9 Å². The van der Waals surface area contributed by atoms with Crippen LogP contribution in [0.3, 0.4) is 0 Å². The quantitative estimate of drug-likeness (QED) is 0.843. The molecule has 4 nitrogen and oxygen atoms in total. The number of nitrogens with zero attached hydrogens (tertiary/aromatic N) is 1. The molecule has 7 heteroatoms. The minimum atomic E-state index is -1.08. The van der Waals surface area contributed by atoms with Crippen molar-refractivity contribution in [2.24, 2.45) is 0 Å². The van der Waals surface area contributed by atoms with E-state index in [1.54, 1.807) is 0 Å². The second-order valence-corrected chi connectivity index (χ2v) is 4.69. The Balaban J connectivity index is 2.19.